The van der Waals surface area contributed by atoms with Crippen LogP contribution in [0.15, 0.2) is 24.4 Å². The van der Waals surface area contributed by atoms with Crippen molar-refractivity contribution >= 4 is 11.6 Å². The summed E-state index contributed by atoms with van der Waals surface area (Å²) in [5, 5.41) is 9.25. The van der Waals surface area contributed by atoms with Crippen LogP contribution in [0.5, 0.6) is 0 Å². The molecule has 0 radical (unpaired) electrons. The van der Waals surface area contributed by atoms with Crippen molar-refractivity contribution in [2.24, 2.45) is 0 Å². The van der Waals surface area contributed by atoms with E-state index >= 15 is 0 Å². The SMILES string of the molecule is Cc1cc(C)c(-c2cnc(Cl)c(C#N)c2)c(C)c1. The van der Waals surface area contributed by atoms with Crippen molar-refractivity contribution in [2.45, 2.75) is 20.8 Å². The molecule has 0 aliphatic heterocycles. The summed E-state index contributed by atoms with van der Waals surface area (Å²) in [6, 6.07) is 8.11. The van der Waals surface area contributed by atoms with Crippen molar-refractivity contribution in [3.05, 3.63) is 51.8 Å². The molecule has 0 aliphatic rings. The lowest BCUT2D eigenvalue weighted by Crippen LogP contribution is -1.92. The van der Waals surface area contributed by atoms with Gasteiger partial charge >= 0.3 is 0 Å². The maximum Gasteiger partial charge on any atom is 0.146 e. The van der Waals surface area contributed by atoms with E-state index in [4.69, 9.17) is 16.9 Å². The zero-order valence-electron chi connectivity index (χ0n) is 10.6. The minimum absolute atomic E-state index is 0.253. The molecule has 0 bridgehead atoms. The number of benzene rings is 1. The number of nitriles is 1. The zero-order valence-corrected chi connectivity index (χ0v) is 11.3. The van der Waals surface area contributed by atoms with Crippen molar-refractivity contribution in [1.29, 1.82) is 5.26 Å². The summed E-state index contributed by atoms with van der Waals surface area (Å²) < 4.78 is 0. The number of aryl methyl sites for hydroxylation is 3. The van der Waals surface area contributed by atoms with E-state index in [0.29, 0.717) is 5.56 Å². The highest BCUT2D eigenvalue weighted by Gasteiger charge is 2.09. The topological polar surface area (TPSA) is 36.7 Å². The van der Waals surface area contributed by atoms with Gasteiger partial charge < -0.3 is 0 Å². The number of halogens is 1. The molecule has 18 heavy (non-hydrogen) atoms. The molecule has 0 saturated carbocycles. The van der Waals surface area contributed by atoms with Crippen molar-refractivity contribution < 1.29 is 0 Å². The summed E-state index contributed by atoms with van der Waals surface area (Å²) >= 11 is 5.85. The molecule has 0 aliphatic carbocycles. The molecule has 0 amide bonds. The third kappa shape index (κ3) is 2.23. The second-order valence-corrected chi connectivity index (χ2v) is 4.81. The van der Waals surface area contributed by atoms with Gasteiger partial charge in [-0.3, -0.25) is 0 Å². The molecule has 1 heterocycles. The van der Waals surface area contributed by atoms with Gasteiger partial charge in [0.2, 0.25) is 0 Å². The van der Waals surface area contributed by atoms with E-state index in [9.17, 15) is 0 Å². The van der Waals surface area contributed by atoms with Crippen LogP contribution in [-0.2, 0) is 0 Å². The lowest BCUT2D eigenvalue weighted by atomic mass is 9.94. The van der Waals surface area contributed by atoms with Gasteiger partial charge in [-0.1, -0.05) is 29.3 Å². The maximum atomic E-state index is 9.00. The highest BCUT2D eigenvalue weighted by atomic mass is 35.5. The minimum Gasteiger partial charge on any atom is -0.243 e. The average molecular weight is 257 g/mol. The lowest BCUT2D eigenvalue weighted by molar-refractivity contribution is 1.27. The fourth-order valence-corrected chi connectivity index (χ4v) is 2.44. The average Bonchev–Trinajstić information content (AvgIpc) is 2.30. The van der Waals surface area contributed by atoms with Gasteiger partial charge in [-0.15, -0.1) is 0 Å². The number of nitrogens with zero attached hydrogens (tertiary/aromatic N) is 2. The van der Waals surface area contributed by atoms with Crippen molar-refractivity contribution in [3.8, 4) is 17.2 Å². The first-order chi connectivity index (χ1) is 8.52. The van der Waals surface area contributed by atoms with Gasteiger partial charge in [0, 0.05) is 11.8 Å². The number of rotatable bonds is 1. The minimum atomic E-state index is 0.253. The molecule has 0 atom stereocenters. The largest absolute Gasteiger partial charge is 0.243 e. The molecule has 3 heteroatoms. The molecular weight excluding hydrogens is 244 g/mol. The Morgan fingerprint density at radius 1 is 1.11 bits per heavy atom. The van der Waals surface area contributed by atoms with Crippen LogP contribution >= 0.6 is 11.6 Å². The predicted molar refractivity (Wildman–Crippen MR) is 73.6 cm³/mol. The molecular formula is C15H13ClN2. The number of hydrogen-bond acceptors (Lipinski definition) is 2. The van der Waals surface area contributed by atoms with E-state index in [-0.39, 0.29) is 5.15 Å². The number of aromatic nitrogens is 1. The predicted octanol–water partition coefficient (Wildman–Crippen LogP) is 4.20. The van der Waals surface area contributed by atoms with Crippen LogP contribution in [0.25, 0.3) is 11.1 Å². The van der Waals surface area contributed by atoms with Crippen LogP contribution in [0.2, 0.25) is 5.15 Å². The van der Waals surface area contributed by atoms with Crippen LogP contribution in [0.1, 0.15) is 22.3 Å². The fourth-order valence-electron chi connectivity index (χ4n) is 2.30. The summed E-state index contributed by atoms with van der Waals surface area (Å²) in [4.78, 5) is 4.07. The Hall–Kier alpha value is -1.85. The normalized spacial score (nSPS) is 10.2. The molecule has 2 aromatic rings. The Bertz CT molecular complexity index is 631. The number of hydrogen-bond donors (Lipinski definition) is 0. The van der Waals surface area contributed by atoms with E-state index in [1.54, 1.807) is 12.3 Å². The smallest absolute Gasteiger partial charge is 0.146 e. The Morgan fingerprint density at radius 2 is 1.72 bits per heavy atom. The van der Waals surface area contributed by atoms with E-state index < -0.39 is 0 Å². The zero-order chi connectivity index (χ0) is 13.3. The molecule has 0 fully saturated rings. The van der Waals surface area contributed by atoms with Gasteiger partial charge in [-0.05, 0) is 43.5 Å². The van der Waals surface area contributed by atoms with E-state index in [2.05, 4.69) is 44.0 Å². The molecule has 90 valence electrons. The molecule has 0 saturated heterocycles. The van der Waals surface area contributed by atoms with Crippen LogP contribution < -0.4 is 0 Å². The van der Waals surface area contributed by atoms with E-state index in [1.165, 1.54) is 16.7 Å². The van der Waals surface area contributed by atoms with Crippen LogP contribution in [-0.4, -0.2) is 4.98 Å². The molecule has 2 rings (SSSR count). The third-order valence-electron chi connectivity index (χ3n) is 2.93. The molecule has 0 spiro atoms. The fraction of sp³-hybridized carbons (Fsp3) is 0.200. The van der Waals surface area contributed by atoms with Crippen LogP contribution in [0.4, 0.5) is 0 Å². The van der Waals surface area contributed by atoms with Crippen molar-refractivity contribution in [3.63, 3.8) is 0 Å². The van der Waals surface area contributed by atoms with E-state index in [1.807, 2.05) is 0 Å². The van der Waals surface area contributed by atoms with Crippen molar-refractivity contribution in [1.82, 2.24) is 4.98 Å². The van der Waals surface area contributed by atoms with Gasteiger partial charge in [0.1, 0.15) is 11.2 Å². The van der Waals surface area contributed by atoms with Crippen LogP contribution in [0.3, 0.4) is 0 Å². The van der Waals surface area contributed by atoms with Gasteiger partial charge in [-0.2, -0.15) is 5.26 Å². The molecule has 1 aromatic carbocycles. The Balaban J connectivity index is 2.67. The van der Waals surface area contributed by atoms with Gasteiger partial charge in [-0.25, -0.2) is 4.98 Å². The standard InChI is InChI=1S/C15H13ClN2/c1-9-4-10(2)14(11(3)5-9)13-6-12(7-17)15(16)18-8-13/h4-6,8H,1-3H3. The monoisotopic (exact) mass is 256 g/mol. The summed E-state index contributed by atoms with van der Waals surface area (Å²) in [5.74, 6) is 0. The number of pyridine rings is 1. The quantitative estimate of drug-likeness (QED) is 0.717. The first-order valence-electron chi connectivity index (χ1n) is 5.67. The second kappa shape index (κ2) is 4.80. The Kier molecular flexibility index (Phi) is 3.36. The molecule has 0 N–H and O–H groups in total. The maximum absolute atomic E-state index is 9.00. The Morgan fingerprint density at radius 3 is 2.28 bits per heavy atom. The summed E-state index contributed by atoms with van der Waals surface area (Å²) in [6.07, 6.45) is 1.72. The lowest BCUT2D eigenvalue weighted by Gasteiger charge is -2.11. The second-order valence-electron chi connectivity index (χ2n) is 4.45. The molecule has 0 unspecified atom stereocenters. The third-order valence-corrected chi connectivity index (χ3v) is 3.23. The van der Waals surface area contributed by atoms with Gasteiger partial charge in [0.05, 0.1) is 5.56 Å². The highest BCUT2D eigenvalue weighted by molar-refractivity contribution is 6.30. The Labute approximate surface area is 112 Å². The summed E-state index contributed by atoms with van der Waals surface area (Å²) in [6.45, 7) is 6.20. The highest BCUT2D eigenvalue weighted by Crippen LogP contribution is 2.29. The molecule has 1 aromatic heterocycles. The first kappa shape index (κ1) is 12.6. The summed E-state index contributed by atoms with van der Waals surface area (Å²) in [7, 11) is 0. The first-order valence-corrected chi connectivity index (χ1v) is 6.04. The van der Waals surface area contributed by atoms with Crippen LogP contribution in [0, 0.1) is 32.1 Å². The van der Waals surface area contributed by atoms with Gasteiger partial charge in [0.25, 0.3) is 0 Å². The summed E-state index contributed by atoms with van der Waals surface area (Å²) in [5.41, 5.74) is 6.07. The van der Waals surface area contributed by atoms with Gasteiger partial charge in [0.15, 0.2) is 0 Å². The van der Waals surface area contributed by atoms with Crippen molar-refractivity contribution in [2.75, 3.05) is 0 Å². The molecule has 2 nitrogen and oxygen atoms in total. The van der Waals surface area contributed by atoms with E-state index in [0.717, 1.165) is 11.1 Å².